The zero-order chi connectivity index (χ0) is 16.3. The molecule has 0 aliphatic heterocycles. The molecule has 1 aliphatic carbocycles. The first-order valence-electron chi connectivity index (χ1n) is 8.42. The summed E-state index contributed by atoms with van der Waals surface area (Å²) in [5.74, 6) is 1.46. The first-order valence-corrected chi connectivity index (χ1v) is 8.42. The molecule has 1 heterocycles. The van der Waals surface area contributed by atoms with Crippen molar-refractivity contribution in [2.24, 2.45) is 10.9 Å². The lowest BCUT2D eigenvalue weighted by atomic mass is 10.0. The number of carbonyl (C=O) groups excluding carboxylic acids is 1. The zero-order valence-corrected chi connectivity index (χ0v) is 16.6. The SMILES string of the molecule is CN=C(NCCCC1CCCC1)NCC(=O)Nc1cccnc1.I. The summed E-state index contributed by atoms with van der Waals surface area (Å²) >= 11 is 0. The number of guanidine groups is 1. The Balaban J connectivity index is 0.00000288. The Labute approximate surface area is 161 Å². The molecule has 0 aromatic carbocycles. The Morgan fingerprint density at radius 2 is 2.12 bits per heavy atom. The van der Waals surface area contributed by atoms with Crippen LogP contribution in [-0.2, 0) is 4.79 Å². The maximum Gasteiger partial charge on any atom is 0.243 e. The van der Waals surface area contributed by atoms with Crippen LogP contribution in [0.4, 0.5) is 5.69 Å². The highest BCUT2D eigenvalue weighted by atomic mass is 127. The van der Waals surface area contributed by atoms with E-state index >= 15 is 0 Å². The fourth-order valence-corrected chi connectivity index (χ4v) is 2.92. The van der Waals surface area contributed by atoms with E-state index in [4.69, 9.17) is 0 Å². The van der Waals surface area contributed by atoms with Gasteiger partial charge in [-0.1, -0.05) is 25.7 Å². The molecule has 0 bridgehead atoms. The monoisotopic (exact) mass is 445 g/mol. The van der Waals surface area contributed by atoms with Crippen LogP contribution in [0, 0.1) is 5.92 Å². The van der Waals surface area contributed by atoms with Gasteiger partial charge in [-0.3, -0.25) is 14.8 Å². The van der Waals surface area contributed by atoms with Crippen LogP contribution < -0.4 is 16.0 Å². The van der Waals surface area contributed by atoms with Gasteiger partial charge in [0, 0.05) is 19.8 Å². The fourth-order valence-electron chi connectivity index (χ4n) is 2.92. The third-order valence-corrected chi connectivity index (χ3v) is 4.14. The lowest BCUT2D eigenvalue weighted by Gasteiger charge is -2.13. The summed E-state index contributed by atoms with van der Waals surface area (Å²) in [6.07, 6.45) is 11.3. The van der Waals surface area contributed by atoms with Crippen molar-refractivity contribution in [3.05, 3.63) is 24.5 Å². The largest absolute Gasteiger partial charge is 0.356 e. The number of pyridine rings is 1. The van der Waals surface area contributed by atoms with E-state index in [9.17, 15) is 4.79 Å². The Hall–Kier alpha value is -1.38. The number of anilines is 1. The smallest absolute Gasteiger partial charge is 0.243 e. The molecule has 0 unspecified atom stereocenters. The number of aliphatic imine (C=N–C) groups is 1. The van der Waals surface area contributed by atoms with Crippen LogP contribution in [0.15, 0.2) is 29.5 Å². The molecule has 2 rings (SSSR count). The molecule has 1 aliphatic rings. The minimum atomic E-state index is -0.119. The van der Waals surface area contributed by atoms with Crippen molar-refractivity contribution in [1.29, 1.82) is 0 Å². The third kappa shape index (κ3) is 7.94. The summed E-state index contributed by atoms with van der Waals surface area (Å²) in [5, 5.41) is 9.06. The lowest BCUT2D eigenvalue weighted by molar-refractivity contribution is -0.115. The second kappa shape index (κ2) is 12.0. The number of rotatable bonds is 7. The number of nitrogens with one attached hydrogen (secondary N) is 3. The van der Waals surface area contributed by atoms with E-state index in [1.54, 1.807) is 31.6 Å². The molecule has 7 heteroatoms. The van der Waals surface area contributed by atoms with Crippen LogP contribution in [0.2, 0.25) is 0 Å². The molecule has 0 saturated heterocycles. The number of halogens is 1. The van der Waals surface area contributed by atoms with Gasteiger partial charge in [0.15, 0.2) is 5.96 Å². The van der Waals surface area contributed by atoms with E-state index in [0.29, 0.717) is 11.6 Å². The van der Waals surface area contributed by atoms with Gasteiger partial charge in [0.2, 0.25) is 5.91 Å². The molecule has 1 saturated carbocycles. The van der Waals surface area contributed by atoms with Crippen LogP contribution >= 0.6 is 24.0 Å². The molecule has 0 radical (unpaired) electrons. The molecule has 6 nitrogen and oxygen atoms in total. The minimum Gasteiger partial charge on any atom is -0.356 e. The van der Waals surface area contributed by atoms with Crippen molar-refractivity contribution in [2.75, 3.05) is 25.5 Å². The zero-order valence-electron chi connectivity index (χ0n) is 14.3. The van der Waals surface area contributed by atoms with E-state index in [1.165, 1.54) is 32.1 Å². The van der Waals surface area contributed by atoms with Crippen molar-refractivity contribution in [3.8, 4) is 0 Å². The van der Waals surface area contributed by atoms with Crippen LogP contribution in [0.1, 0.15) is 38.5 Å². The Morgan fingerprint density at radius 1 is 1.33 bits per heavy atom. The van der Waals surface area contributed by atoms with E-state index in [0.717, 1.165) is 18.9 Å². The van der Waals surface area contributed by atoms with Gasteiger partial charge in [-0.25, -0.2) is 0 Å². The third-order valence-electron chi connectivity index (χ3n) is 4.14. The molecule has 0 atom stereocenters. The number of hydrogen-bond donors (Lipinski definition) is 3. The van der Waals surface area contributed by atoms with Crippen molar-refractivity contribution < 1.29 is 4.79 Å². The molecule has 1 amide bonds. The number of carbonyl (C=O) groups is 1. The second-order valence-corrected chi connectivity index (χ2v) is 5.94. The van der Waals surface area contributed by atoms with Gasteiger partial charge in [-0.15, -0.1) is 24.0 Å². The van der Waals surface area contributed by atoms with E-state index in [-0.39, 0.29) is 36.4 Å². The highest BCUT2D eigenvalue weighted by molar-refractivity contribution is 14.0. The Kier molecular flexibility index (Phi) is 10.4. The number of aromatic nitrogens is 1. The predicted molar refractivity (Wildman–Crippen MR) is 109 cm³/mol. The second-order valence-electron chi connectivity index (χ2n) is 5.94. The van der Waals surface area contributed by atoms with Gasteiger partial charge >= 0.3 is 0 Å². The predicted octanol–water partition coefficient (Wildman–Crippen LogP) is 2.77. The average molecular weight is 445 g/mol. The first kappa shape index (κ1) is 20.7. The summed E-state index contributed by atoms with van der Waals surface area (Å²) in [4.78, 5) is 20.0. The van der Waals surface area contributed by atoms with Crippen molar-refractivity contribution in [2.45, 2.75) is 38.5 Å². The topological polar surface area (TPSA) is 78.4 Å². The maximum atomic E-state index is 11.9. The lowest BCUT2D eigenvalue weighted by Crippen LogP contribution is -2.41. The van der Waals surface area contributed by atoms with E-state index in [1.807, 2.05) is 0 Å². The van der Waals surface area contributed by atoms with Gasteiger partial charge in [0.1, 0.15) is 0 Å². The van der Waals surface area contributed by atoms with E-state index < -0.39 is 0 Å². The standard InChI is InChI=1S/C17H27N5O.HI/c1-18-17(20-11-4-8-14-6-2-3-7-14)21-13-16(23)22-15-9-5-10-19-12-15;/h5,9-10,12,14H,2-4,6-8,11,13H2,1H3,(H,22,23)(H2,18,20,21);1H. The normalized spacial score (nSPS) is 14.8. The van der Waals surface area contributed by atoms with Crippen molar-refractivity contribution in [1.82, 2.24) is 15.6 Å². The van der Waals surface area contributed by atoms with E-state index in [2.05, 4.69) is 25.9 Å². The summed E-state index contributed by atoms with van der Waals surface area (Å²) in [6.45, 7) is 1.07. The molecule has 3 N–H and O–H groups in total. The van der Waals surface area contributed by atoms with Crippen molar-refractivity contribution in [3.63, 3.8) is 0 Å². The number of amides is 1. The van der Waals surface area contributed by atoms with Gasteiger partial charge in [-0.2, -0.15) is 0 Å². The van der Waals surface area contributed by atoms with Crippen LogP contribution in [0.5, 0.6) is 0 Å². The van der Waals surface area contributed by atoms with Crippen LogP contribution in [-0.4, -0.2) is 37.0 Å². The number of nitrogens with zero attached hydrogens (tertiary/aromatic N) is 2. The van der Waals surface area contributed by atoms with Crippen LogP contribution in [0.25, 0.3) is 0 Å². The maximum absolute atomic E-state index is 11.9. The highest BCUT2D eigenvalue weighted by Crippen LogP contribution is 2.28. The Morgan fingerprint density at radius 3 is 2.79 bits per heavy atom. The van der Waals surface area contributed by atoms with Crippen molar-refractivity contribution >= 4 is 41.5 Å². The van der Waals surface area contributed by atoms with Gasteiger partial charge in [0.25, 0.3) is 0 Å². The van der Waals surface area contributed by atoms with Gasteiger partial charge < -0.3 is 16.0 Å². The molecular weight excluding hydrogens is 417 g/mol. The van der Waals surface area contributed by atoms with Gasteiger partial charge in [-0.05, 0) is 30.9 Å². The molecule has 0 spiro atoms. The average Bonchev–Trinajstić information content (AvgIpc) is 3.08. The molecule has 1 fully saturated rings. The first-order chi connectivity index (χ1) is 11.3. The quantitative estimate of drug-likeness (QED) is 0.261. The molecule has 24 heavy (non-hydrogen) atoms. The molecule has 1 aromatic heterocycles. The summed E-state index contributed by atoms with van der Waals surface area (Å²) in [7, 11) is 1.71. The summed E-state index contributed by atoms with van der Waals surface area (Å²) in [5.41, 5.74) is 0.693. The summed E-state index contributed by atoms with van der Waals surface area (Å²) < 4.78 is 0. The molecular formula is C17H28IN5O. The Bertz CT molecular complexity index is 503. The molecule has 134 valence electrons. The van der Waals surface area contributed by atoms with Gasteiger partial charge in [0.05, 0.1) is 18.4 Å². The summed E-state index contributed by atoms with van der Waals surface area (Å²) in [6, 6.07) is 3.59. The molecule has 1 aromatic rings. The van der Waals surface area contributed by atoms with Crippen LogP contribution in [0.3, 0.4) is 0 Å². The highest BCUT2D eigenvalue weighted by Gasteiger charge is 2.14. The number of hydrogen-bond acceptors (Lipinski definition) is 3. The minimum absolute atomic E-state index is 0. The fraction of sp³-hybridized carbons (Fsp3) is 0.588.